The third-order valence-electron chi connectivity index (χ3n) is 4.97. The number of anilines is 1. The third-order valence-corrected chi connectivity index (χ3v) is 4.97. The molecule has 2 aromatic heterocycles. The van der Waals surface area contributed by atoms with Crippen LogP contribution in [0.5, 0.6) is 17.2 Å². The van der Waals surface area contributed by atoms with Gasteiger partial charge in [0, 0.05) is 6.07 Å². The van der Waals surface area contributed by atoms with Crippen LogP contribution in [0.3, 0.4) is 0 Å². The predicted octanol–water partition coefficient (Wildman–Crippen LogP) is 3.75. The number of hydrogen-bond acceptors (Lipinski definition) is 6. The van der Waals surface area contributed by atoms with Crippen molar-refractivity contribution < 1.29 is 9.47 Å². The average molecular weight is 424 g/mol. The van der Waals surface area contributed by atoms with E-state index < -0.39 is 0 Å². The zero-order chi connectivity index (χ0) is 22.1. The van der Waals surface area contributed by atoms with Gasteiger partial charge in [0.15, 0.2) is 11.5 Å². The molecule has 32 heavy (non-hydrogen) atoms. The largest absolute Gasteiger partial charge is 0.496 e. The normalized spacial score (nSPS) is 10.9. The highest BCUT2D eigenvalue weighted by molar-refractivity contribution is 5.85. The van der Waals surface area contributed by atoms with Crippen LogP contribution in [0, 0.1) is 6.07 Å². The van der Waals surface area contributed by atoms with Crippen LogP contribution in [0.25, 0.3) is 22.5 Å². The number of methoxy groups -OCH3 is 1. The van der Waals surface area contributed by atoms with Crippen LogP contribution in [-0.2, 0) is 0 Å². The number of ether oxygens (including phenoxy) is 2. The summed E-state index contributed by atoms with van der Waals surface area (Å²) in [7, 11) is 1.56. The minimum absolute atomic E-state index is 0.202. The van der Waals surface area contributed by atoms with E-state index in [-0.39, 0.29) is 11.5 Å². The molecule has 2 N–H and O–H groups in total. The van der Waals surface area contributed by atoms with E-state index in [9.17, 15) is 4.79 Å². The molecule has 0 spiro atoms. The SMILES string of the molecule is COc1[c]cc(-n2c(=O)n(-c3ccc(Oc4ccccc4)cc3)c3c(N)ncnc32)cc1. The first kappa shape index (κ1) is 19.4. The summed E-state index contributed by atoms with van der Waals surface area (Å²) >= 11 is 0. The van der Waals surface area contributed by atoms with Crippen LogP contribution < -0.4 is 20.9 Å². The number of nitrogens with zero attached hydrogens (tertiary/aromatic N) is 4. The number of fused-ring (bicyclic) bond motifs is 1. The van der Waals surface area contributed by atoms with Crippen molar-refractivity contribution in [3.63, 3.8) is 0 Å². The summed E-state index contributed by atoms with van der Waals surface area (Å²) in [6, 6.07) is 24.8. The Hall–Kier alpha value is -4.59. The van der Waals surface area contributed by atoms with Gasteiger partial charge < -0.3 is 15.2 Å². The van der Waals surface area contributed by atoms with E-state index in [0.29, 0.717) is 34.0 Å². The van der Waals surface area contributed by atoms with Crippen molar-refractivity contribution in [2.75, 3.05) is 12.8 Å². The Bertz CT molecular complexity index is 1440. The van der Waals surface area contributed by atoms with Crippen LogP contribution in [0.15, 0.2) is 83.9 Å². The summed E-state index contributed by atoms with van der Waals surface area (Å²) in [6.45, 7) is 0. The van der Waals surface area contributed by atoms with E-state index in [1.807, 2.05) is 30.3 Å². The fraction of sp³-hybridized carbons (Fsp3) is 0.0417. The molecule has 0 amide bonds. The van der Waals surface area contributed by atoms with Gasteiger partial charge in [0.2, 0.25) is 0 Å². The number of rotatable bonds is 5. The summed E-state index contributed by atoms with van der Waals surface area (Å²) in [4.78, 5) is 21.9. The van der Waals surface area contributed by atoms with Crippen LogP contribution >= 0.6 is 0 Å². The molecule has 0 saturated carbocycles. The number of imidazole rings is 1. The molecule has 8 nitrogen and oxygen atoms in total. The van der Waals surface area contributed by atoms with Gasteiger partial charge in [0.05, 0.1) is 18.5 Å². The molecule has 0 atom stereocenters. The lowest BCUT2D eigenvalue weighted by Gasteiger charge is -2.08. The minimum Gasteiger partial charge on any atom is -0.496 e. The molecule has 0 aliphatic rings. The van der Waals surface area contributed by atoms with Gasteiger partial charge in [-0.05, 0) is 54.6 Å². The Kier molecular flexibility index (Phi) is 4.79. The maximum Gasteiger partial charge on any atom is 0.339 e. The molecule has 0 unspecified atom stereocenters. The summed E-state index contributed by atoms with van der Waals surface area (Å²) in [5.41, 5.74) is 7.83. The zero-order valence-electron chi connectivity index (χ0n) is 17.1. The maximum absolute atomic E-state index is 13.5. The lowest BCUT2D eigenvalue weighted by Crippen LogP contribution is -2.22. The van der Waals surface area contributed by atoms with Crippen molar-refractivity contribution in [1.82, 2.24) is 19.1 Å². The predicted molar refractivity (Wildman–Crippen MR) is 121 cm³/mol. The molecule has 0 aliphatic heterocycles. The van der Waals surface area contributed by atoms with Crippen molar-refractivity contribution in [3.05, 3.63) is 95.7 Å². The quantitative estimate of drug-likeness (QED) is 0.461. The first-order valence-electron chi connectivity index (χ1n) is 9.79. The highest BCUT2D eigenvalue weighted by Crippen LogP contribution is 2.26. The molecule has 157 valence electrons. The summed E-state index contributed by atoms with van der Waals surface area (Å²) in [6.07, 6.45) is 1.34. The molecule has 0 bridgehead atoms. The molecule has 5 aromatic rings. The first-order valence-corrected chi connectivity index (χ1v) is 9.79. The monoisotopic (exact) mass is 424 g/mol. The number of nitrogen functional groups attached to an aromatic ring is 1. The van der Waals surface area contributed by atoms with Crippen LogP contribution in [-0.4, -0.2) is 26.2 Å². The molecule has 5 rings (SSSR count). The molecular weight excluding hydrogens is 406 g/mol. The molecule has 3 aromatic carbocycles. The Labute approximate surface area is 183 Å². The Balaban J connectivity index is 1.63. The van der Waals surface area contributed by atoms with Crippen LogP contribution in [0.1, 0.15) is 0 Å². The van der Waals surface area contributed by atoms with Crippen molar-refractivity contribution >= 4 is 17.0 Å². The van der Waals surface area contributed by atoms with Gasteiger partial charge in [-0.2, -0.15) is 0 Å². The van der Waals surface area contributed by atoms with Gasteiger partial charge in [0.25, 0.3) is 0 Å². The third kappa shape index (κ3) is 3.33. The molecule has 2 heterocycles. The molecule has 0 saturated heterocycles. The van der Waals surface area contributed by atoms with Crippen LogP contribution in [0.4, 0.5) is 5.82 Å². The fourth-order valence-electron chi connectivity index (χ4n) is 3.48. The minimum atomic E-state index is -0.331. The Morgan fingerprint density at radius 1 is 0.875 bits per heavy atom. The Morgan fingerprint density at radius 3 is 2.28 bits per heavy atom. The van der Waals surface area contributed by atoms with Crippen molar-refractivity contribution in [3.8, 4) is 28.6 Å². The number of aromatic nitrogens is 4. The zero-order valence-corrected chi connectivity index (χ0v) is 17.1. The smallest absolute Gasteiger partial charge is 0.339 e. The van der Waals surface area contributed by atoms with E-state index >= 15 is 0 Å². The fourth-order valence-corrected chi connectivity index (χ4v) is 3.48. The van der Waals surface area contributed by atoms with Gasteiger partial charge in [-0.15, -0.1) is 0 Å². The van der Waals surface area contributed by atoms with Crippen molar-refractivity contribution in [2.45, 2.75) is 0 Å². The van der Waals surface area contributed by atoms with Gasteiger partial charge in [-0.25, -0.2) is 19.3 Å². The standard InChI is InChI=1S/C24H18N5O3/c1-31-18-11-7-17(8-12-18)29-23-21(22(25)26-15-27-23)28(24(29)30)16-9-13-20(14-10-16)32-19-5-3-2-4-6-19/h2-11,13-15H,1H3,(H2,25,26,27). The second-order valence-corrected chi connectivity index (χ2v) is 6.91. The van der Waals surface area contributed by atoms with Crippen LogP contribution in [0.2, 0.25) is 0 Å². The number of nitrogens with two attached hydrogens (primary N) is 1. The highest BCUT2D eigenvalue weighted by Gasteiger charge is 2.20. The lowest BCUT2D eigenvalue weighted by atomic mass is 10.3. The number of hydrogen-bond donors (Lipinski definition) is 1. The molecule has 0 aliphatic carbocycles. The Morgan fingerprint density at radius 2 is 1.59 bits per heavy atom. The molecule has 1 radical (unpaired) electrons. The second-order valence-electron chi connectivity index (χ2n) is 6.91. The van der Waals surface area contributed by atoms with Gasteiger partial charge in [-0.3, -0.25) is 4.57 Å². The molecule has 0 fully saturated rings. The molecule has 8 heteroatoms. The van der Waals surface area contributed by atoms with E-state index in [1.54, 1.807) is 49.6 Å². The van der Waals surface area contributed by atoms with E-state index in [0.717, 1.165) is 5.75 Å². The van der Waals surface area contributed by atoms with E-state index in [2.05, 4.69) is 16.0 Å². The van der Waals surface area contributed by atoms with E-state index in [1.165, 1.54) is 15.5 Å². The summed E-state index contributed by atoms with van der Waals surface area (Å²) in [5.74, 6) is 2.13. The topological polar surface area (TPSA) is 97.2 Å². The average Bonchev–Trinajstić information content (AvgIpc) is 3.13. The molecular formula is C24H18N5O3. The summed E-state index contributed by atoms with van der Waals surface area (Å²) < 4.78 is 14.0. The maximum atomic E-state index is 13.5. The second kappa shape index (κ2) is 7.92. The van der Waals surface area contributed by atoms with Gasteiger partial charge in [0.1, 0.15) is 29.1 Å². The highest BCUT2D eigenvalue weighted by atomic mass is 16.5. The van der Waals surface area contributed by atoms with Gasteiger partial charge in [-0.1, -0.05) is 18.2 Å². The summed E-state index contributed by atoms with van der Waals surface area (Å²) in [5, 5.41) is 0. The van der Waals surface area contributed by atoms with Crippen molar-refractivity contribution in [1.29, 1.82) is 0 Å². The number of para-hydroxylation sites is 1. The van der Waals surface area contributed by atoms with Crippen molar-refractivity contribution in [2.24, 2.45) is 0 Å². The van der Waals surface area contributed by atoms with E-state index in [4.69, 9.17) is 15.2 Å². The number of benzene rings is 3. The first-order chi connectivity index (χ1) is 15.7. The lowest BCUT2D eigenvalue weighted by molar-refractivity contribution is 0.414. The van der Waals surface area contributed by atoms with Gasteiger partial charge >= 0.3 is 5.69 Å².